The summed E-state index contributed by atoms with van der Waals surface area (Å²) in [5.74, 6) is 0.905. The molecule has 1 unspecified atom stereocenters. The maximum Gasteiger partial charge on any atom is 0.244 e. The molecule has 2 aliphatic heterocycles. The molecule has 0 aromatic heterocycles. The van der Waals surface area contributed by atoms with E-state index in [4.69, 9.17) is 25.8 Å². The van der Waals surface area contributed by atoms with E-state index in [1.54, 1.807) is 60.7 Å². The second kappa shape index (κ2) is 10.7. The third-order valence-electron chi connectivity index (χ3n) is 5.75. The summed E-state index contributed by atoms with van der Waals surface area (Å²) >= 11 is 6.24. The molecule has 9 heteroatoms. The van der Waals surface area contributed by atoms with E-state index in [-0.39, 0.29) is 18.2 Å². The second-order valence-corrected chi connectivity index (χ2v) is 8.58. The summed E-state index contributed by atoms with van der Waals surface area (Å²) in [4.78, 5) is 32.8. The van der Waals surface area contributed by atoms with E-state index in [0.717, 1.165) is 11.3 Å². The van der Waals surface area contributed by atoms with Gasteiger partial charge in [-0.15, -0.1) is 0 Å². The first-order valence-corrected chi connectivity index (χ1v) is 11.5. The Morgan fingerprint density at radius 3 is 2.56 bits per heavy atom. The second-order valence-electron chi connectivity index (χ2n) is 8.17. The molecule has 0 radical (unpaired) electrons. The van der Waals surface area contributed by atoms with Crippen LogP contribution in [-0.4, -0.2) is 56.3 Å². The number of rotatable bonds is 8. The van der Waals surface area contributed by atoms with Crippen molar-refractivity contribution in [3.05, 3.63) is 82.6 Å². The van der Waals surface area contributed by atoms with Crippen molar-refractivity contribution < 1.29 is 23.8 Å². The first kappa shape index (κ1) is 25.1. The number of anilines is 1. The zero-order valence-corrected chi connectivity index (χ0v) is 21.1. The number of nitrogens with zero attached hydrogens (tertiary/aromatic N) is 2. The molecule has 0 saturated heterocycles. The molecule has 1 amide bonds. The van der Waals surface area contributed by atoms with Gasteiger partial charge in [0.2, 0.25) is 5.91 Å². The molecular weight excluding hydrogens is 482 g/mol. The molecule has 0 spiro atoms. The Morgan fingerprint density at radius 2 is 1.83 bits per heavy atom. The van der Waals surface area contributed by atoms with Crippen LogP contribution in [0.3, 0.4) is 0 Å². The Kier molecular flexibility index (Phi) is 7.45. The van der Waals surface area contributed by atoms with Gasteiger partial charge in [-0.25, -0.2) is 0 Å². The number of nitrogens with one attached hydrogen (secondary N) is 1. The fourth-order valence-electron chi connectivity index (χ4n) is 3.97. The average Bonchev–Trinajstić information content (AvgIpc) is 2.88. The molecule has 0 aliphatic carbocycles. The van der Waals surface area contributed by atoms with Gasteiger partial charge in [0.25, 0.3) is 0 Å². The largest absolute Gasteiger partial charge is 0.497 e. The van der Waals surface area contributed by atoms with E-state index >= 15 is 0 Å². The van der Waals surface area contributed by atoms with E-state index < -0.39 is 6.17 Å². The van der Waals surface area contributed by atoms with Gasteiger partial charge in [-0.3, -0.25) is 14.6 Å². The van der Waals surface area contributed by atoms with E-state index in [0.29, 0.717) is 39.1 Å². The topological polar surface area (TPSA) is 89.5 Å². The number of halogens is 1. The van der Waals surface area contributed by atoms with E-state index in [2.05, 4.69) is 10.3 Å². The monoisotopic (exact) mass is 507 g/mol. The summed E-state index contributed by atoms with van der Waals surface area (Å²) in [5.41, 5.74) is 2.96. The quantitative estimate of drug-likeness (QED) is 0.522. The molecule has 36 heavy (non-hydrogen) atoms. The standard InChI is InChI=1S/C27H26ClN3O5/c1-16-8-9-18-10-19(26(33)17-6-5-7-20(11-17)34-2)14-31(27(18)29-16)15-25(32)30-22-12-21(28)23(35-3)13-24(22)36-4/h5-14,27H,15H2,1-4H3,(H,30,32). The van der Waals surface area contributed by atoms with E-state index in [1.165, 1.54) is 14.2 Å². The van der Waals surface area contributed by atoms with E-state index in [1.807, 2.05) is 19.1 Å². The maximum absolute atomic E-state index is 13.3. The van der Waals surface area contributed by atoms with Crippen molar-refractivity contribution in [1.82, 2.24) is 4.90 Å². The molecule has 1 N–H and O–H groups in total. The van der Waals surface area contributed by atoms with Gasteiger partial charge in [0.15, 0.2) is 5.78 Å². The SMILES string of the molecule is COc1cccc(C(=O)C2=CN(CC(=O)Nc3cc(Cl)c(OC)cc3OC)C3N=C(C)C=CC3=C2)c1. The van der Waals surface area contributed by atoms with Crippen LogP contribution in [0.2, 0.25) is 5.02 Å². The van der Waals surface area contributed by atoms with Gasteiger partial charge < -0.3 is 24.4 Å². The van der Waals surface area contributed by atoms with Crippen LogP contribution >= 0.6 is 11.6 Å². The fourth-order valence-corrected chi connectivity index (χ4v) is 4.21. The lowest BCUT2D eigenvalue weighted by atomic mass is 9.96. The average molecular weight is 508 g/mol. The Balaban J connectivity index is 1.61. The van der Waals surface area contributed by atoms with Crippen molar-refractivity contribution in [3.8, 4) is 17.2 Å². The van der Waals surface area contributed by atoms with Crippen molar-refractivity contribution in [1.29, 1.82) is 0 Å². The molecule has 186 valence electrons. The summed E-state index contributed by atoms with van der Waals surface area (Å²) in [6, 6.07) is 10.1. The van der Waals surface area contributed by atoms with Crippen LogP contribution < -0.4 is 19.5 Å². The molecule has 2 heterocycles. The number of hydrogen-bond acceptors (Lipinski definition) is 7. The first-order valence-electron chi connectivity index (χ1n) is 11.1. The molecule has 0 bridgehead atoms. The highest BCUT2D eigenvalue weighted by Gasteiger charge is 2.29. The number of aliphatic imine (C=N–C) groups is 1. The number of ketones is 1. The highest BCUT2D eigenvalue weighted by atomic mass is 35.5. The Hall–Kier alpha value is -4.04. The molecule has 1 atom stereocenters. The molecule has 2 aromatic rings. The summed E-state index contributed by atoms with van der Waals surface area (Å²) in [6.45, 7) is 1.82. The number of dihydropyridines is 1. The number of methoxy groups -OCH3 is 3. The van der Waals surface area contributed by atoms with Gasteiger partial charge in [0.05, 0.1) is 38.6 Å². The zero-order chi connectivity index (χ0) is 25.8. The molecular formula is C27H26ClN3O5. The van der Waals surface area contributed by atoms with Crippen LogP contribution in [0.4, 0.5) is 5.69 Å². The fraction of sp³-hybridized carbons (Fsp3) is 0.222. The lowest BCUT2D eigenvalue weighted by Gasteiger charge is -2.33. The number of ether oxygens (including phenoxy) is 3. The molecule has 2 aliphatic rings. The number of amides is 1. The summed E-state index contributed by atoms with van der Waals surface area (Å²) in [6.07, 6.45) is 6.84. The number of carbonyl (C=O) groups is 2. The van der Waals surface area contributed by atoms with Crippen molar-refractivity contribution in [2.75, 3.05) is 33.2 Å². The minimum absolute atomic E-state index is 0.0612. The van der Waals surface area contributed by atoms with Crippen LogP contribution in [0.25, 0.3) is 0 Å². The number of allylic oxidation sites excluding steroid dienone is 3. The predicted octanol–water partition coefficient (Wildman–Crippen LogP) is 4.67. The predicted molar refractivity (Wildman–Crippen MR) is 139 cm³/mol. The zero-order valence-electron chi connectivity index (χ0n) is 20.4. The molecule has 0 fully saturated rings. The van der Waals surface area contributed by atoms with Gasteiger partial charge in [-0.05, 0) is 42.8 Å². The number of benzene rings is 2. The number of fused-ring (bicyclic) bond motifs is 1. The number of Topliss-reactive ketones (excluding diaryl/α,β-unsaturated/α-hetero) is 1. The van der Waals surface area contributed by atoms with Crippen LogP contribution in [0.5, 0.6) is 17.2 Å². The van der Waals surface area contributed by atoms with Gasteiger partial charge >= 0.3 is 0 Å². The summed E-state index contributed by atoms with van der Waals surface area (Å²) < 4.78 is 15.8. The van der Waals surface area contributed by atoms with Crippen LogP contribution in [0.15, 0.2) is 77.0 Å². The first-order chi connectivity index (χ1) is 17.3. The minimum Gasteiger partial charge on any atom is -0.497 e. The highest BCUT2D eigenvalue weighted by Crippen LogP contribution is 2.36. The number of hydrogen-bond donors (Lipinski definition) is 1. The maximum atomic E-state index is 13.3. The highest BCUT2D eigenvalue weighted by molar-refractivity contribution is 6.32. The summed E-state index contributed by atoms with van der Waals surface area (Å²) in [5, 5.41) is 3.17. The van der Waals surface area contributed by atoms with Gasteiger partial charge in [0.1, 0.15) is 23.4 Å². The number of carbonyl (C=O) groups excluding carboxylic acids is 2. The van der Waals surface area contributed by atoms with Gasteiger partial charge in [-0.2, -0.15) is 0 Å². The Labute approximate surface area is 214 Å². The van der Waals surface area contributed by atoms with Crippen molar-refractivity contribution in [2.24, 2.45) is 4.99 Å². The van der Waals surface area contributed by atoms with Crippen LogP contribution in [0.1, 0.15) is 17.3 Å². The molecule has 0 saturated carbocycles. The van der Waals surface area contributed by atoms with Crippen LogP contribution in [0, 0.1) is 0 Å². The Morgan fingerprint density at radius 1 is 1.06 bits per heavy atom. The van der Waals surface area contributed by atoms with Gasteiger partial charge in [0, 0.05) is 29.1 Å². The smallest absolute Gasteiger partial charge is 0.244 e. The molecule has 2 aromatic carbocycles. The lowest BCUT2D eigenvalue weighted by Crippen LogP contribution is -2.40. The van der Waals surface area contributed by atoms with Crippen molar-refractivity contribution >= 4 is 34.7 Å². The molecule has 4 rings (SSSR count). The summed E-state index contributed by atoms with van der Waals surface area (Å²) in [7, 11) is 4.54. The Bertz CT molecular complexity index is 1330. The van der Waals surface area contributed by atoms with Crippen LogP contribution in [-0.2, 0) is 4.79 Å². The third-order valence-corrected chi connectivity index (χ3v) is 6.05. The lowest BCUT2D eigenvalue weighted by molar-refractivity contribution is -0.117. The van der Waals surface area contributed by atoms with Crippen molar-refractivity contribution in [3.63, 3.8) is 0 Å². The normalized spacial score (nSPS) is 16.3. The van der Waals surface area contributed by atoms with Gasteiger partial charge in [-0.1, -0.05) is 29.8 Å². The minimum atomic E-state index is -0.427. The van der Waals surface area contributed by atoms with E-state index in [9.17, 15) is 9.59 Å². The van der Waals surface area contributed by atoms with Crippen molar-refractivity contribution in [2.45, 2.75) is 13.1 Å². The molecule has 8 nitrogen and oxygen atoms in total. The third kappa shape index (κ3) is 5.28.